The summed E-state index contributed by atoms with van der Waals surface area (Å²) in [7, 11) is -3.84. The molecule has 0 unspecified atom stereocenters. The molecule has 0 bridgehead atoms. The summed E-state index contributed by atoms with van der Waals surface area (Å²) in [6, 6.07) is 7.78. The van der Waals surface area contributed by atoms with Crippen LogP contribution in [-0.4, -0.2) is 82.1 Å². The number of rotatable bonds is 6. The number of carbonyl (C=O) groups excluding carboxylic acids is 4. The van der Waals surface area contributed by atoms with Gasteiger partial charge in [0, 0.05) is 23.9 Å². The number of sulfone groups is 1. The Morgan fingerprint density at radius 2 is 1.82 bits per heavy atom. The third-order valence-corrected chi connectivity index (χ3v) is 12.7. The third-order valence-electron chi connectivity index (χ3n) is 9.80. The molecule has 4 amide bonds. The highest BCUT2D eigenvalue weighted by Crippen LogP contribution is 2.54. The zero-order chi connectivity index (χ0) is 35.2. The molecule has 13 nitrogen and oxygen atoms in total. The summed E-state index contributed by atoms with van der Waals surface area (Å²) in [6.07, 6.45) is 7.35. The maximum atomic E-state index is 14.6. The number of aromatic nitrogens is 1. The molecule has 1 aromatic carbocycles. The second-order valence-corrected chi connectivity index (χ2v) is 17.1. The average molecular weight is 696 g/mol. The summed E-state index contributed by atoms with van der Waals surface area (Å²) in [5.74, 6) is -2.89. The van der Waals surface area contributed by atoms with E-state index >= 15 is 0 Å². The second-order valence-electron chi connectivity index (χ2n) is 14.6. The summed E-state index contributed by atoms with van der Waals surface area (Å²) < 4.78 is 39.6. The van der Waals surface area contributed by atoms with Crippen LogP contribution in [0.3, 0.4) is 0 Å². The number of nitrogens with one attached hydrogen (secondary N) is 2. The SMILES string of the molecule is CC(C)(C)OC(=O)N[C@H]1CCCCC/C=C\[C@@H]2C[C@]2(S(=O)(=O)C2CC2)NC(=O)[C@@]2(C(N)=O)C[C@@H](Oc3ccnc4ccccc34)CN2C1=O. The molecule has 0 radical (unpaired) electrons. The normalized spacial score (nSPS) is 30.2. The summed E-state index contributed by atoms with van der Waals surface area (Å²) in [5.41, 5.74) is 3.58. The number of primary amides is 1. The Morgan fingerprint density at radius 1 is 1.06 bits per heavy atom. The van der Waals surface area contributed by atoms with E-state index in [-0.39, 0.29) is 25.8 Å². The molecule has 3 heterocycles. The van der Waals surface area contributed by atoms with E-state index in [1.807, 2.05) is 36.4 Å². The lowest BCUT2D eigenvalue weighted by atomic mass is 9.91. The molecule has 264 valence electrons. The Bertz CT molecular complexity index is 1780. The number of nitrogens with zero attached hydrogens (tertiary/aromatic N) is 2. The van der Waals surface area contributed by atoms with Crippen LogP contribution in [0.1, 0.15) is 78.6 Å². The molecule has 14 heteroatoms. The highest BCUT2D eigenvalue weighted by atomic mass is 32.2. The van der Waals surface area contributed by atoms with Gasteiger partial charge in [-0.25, -0.2) is 13.2 Å². The molecule has 4 aliphatic rings. The van der Waals surface area contributed by atoms with Gasteiger partial charge in [0.15, 0.2) is 9.84 Å². The fourth-order valence-electron chi connectivity index (χ4n) is 7.08. The van der Waals surface area contributed by atoms with Gasteiger partial charge in [-0.15, -0.1) is 0 Å². The first kappa shape index (κ1) is 34.7. The summed E-state index contributed by atoms with van der Waals surface area (Å²) in [6.45, 7) is 4.86. The molecule has 4 N–H and O–H groups in total. The van der Waals surface area contributed by atoms with Crippen LogP contribution in [-0.2, 0) is 29.0 Å². The third kappa shape index (κ3) is 6.71. The van der Waals surface area contributed by atoms with Crippen molar-refractivity contribution in [2.75, 3.05) is 6.54 Å². The average Bonchev–Trinajstić information content (AvgIpc) is 3.96. The van der Waals surface area contributed by atoms with Gasteiger partial charge < -0.3 is 30.7 Å². The van der Waals surface area contributed by atoms with Gasteiger partial charge in [0.1, 0.15) is 28.4 Å². The molecular weight excluding hydrogens is 650 g/mol. The van der Waals surface area contributed by atoms with Gasteiger partial charge in [0.25, 0.3) is 11.8 Å². The molecule has 3 fully saturated rings. The van der Waals surface area contributed by atoms with Gasteiger partial charge in [-0.2, -0.15) is 0 Å². The van der Waals surface area contributed by atoms with Crippen molar-refractivity contribution in [3.63, 3.8) is 0 Å². The van der Waals surface area contributed by atoms with Crippen molar-refractivity contribution >= 4 is 44.6 Å². The van der Waals surface area contributed by atoms with Gasteiger partial charge in [0.05, 0.1) is 17.3 Å². The molecule has 49 heavy (non-hydrogen) atoms. The second kappa shape index (κ2) is 12.9. The largest absolute Gasteiger partial charge is 0.488 e. The van der Waals surface area contributed by atoms with Crippen molar-refractivity contribution in [1.82, 2.24) is 20.5 Å². The van der Waals surface area contributed by atoms with Crippen molar-refractivity contribution in [2.24, 2.45) is 11.7 Å². The van der Waals surface area contributed by atoms with E-state index in [1.54, 1.807) is 33.0 Å². The molecule has 2 aromatic rings. The van der Waals surface area contributed by atoms with E-state index in [0.29, 0.717) is 42.3 Å². The molecular formula is C35H45N5O8S. The van der Waals surface area contributed by atoms with E-state index in [2.05, 4.69) is 15.6 Å². The molecule has 2 aliphatic carbocycles. The van der Waals surface area contributed by atoms with Gasteiger partial charge >= 0.3 is 6.09 Å². The predicted molar refractivity (Wildman–Crippen MR) is 181 cm³/mol. The minimum atomic E-state index is -3.84. The van der Waals surface area contributed by atoms with Gasteiger partial charge in [-0.1, -0.05) is 37.1 Å². The lowest BCUT2D eigenvalue weighted by Crippen LogP contribution is -2.68. The van der Waals surface area contributed by atoms with Crippen LogP contribution in [0.15, 0.2) is 48.7 Å². The number of hydrogen-bond acceptors (Lipinski definition) is 9. The Hall–Kier alpha value is -4.20. The first-order valence-corrected chi connectivity index (χ1v) is 18.6. The lowest BCUT2D eigenvalue weighted by Gasteiger charge is -2.37. The summed E-state index contributed by atoms with van der Waals surface area (Å²) >= 11 is 0. The highest BCUT2D eigenvalue weighted by Gasteiger charge is 2.69. The van der Waals surface area contributed by atoms with E-state index in [4.69, 9.17) is 15.2 Å². The van der Waals surface area contributed by atoms with Crippen LogP contribution in [0.4, 0.5) is 4.79 Å². The standard InChI is InChI=1S/C35H45N5O8S/c1-33(2,3)48-32(44)38-27-14-8-6-4-5-7-11-22-19-35(22,49(45,46)24-15-16-24)39-31(43)34(30(36)42)20-23(21-40(34)29(27)41)47-28-17-18-37-26-13-10-9-12-25(26)28/h7,9-13,17-18,22-24,27H,4-6,8,14-16,19-21H2,1-3H3,(H2,36,42)(H,38,44)(H,39,43)/b11-7-/t22-,23-,27+,34+,35-/m1/s1. The Morgan fingerprint density at radius 3 is 2.53 bits per heavy atom. The van der Waals surface area contributed by atoms with Crippen LogP contribution in [0.2, 0.25) is 0 Å². The first-order chi connectivity index (χ1) is 23.2. The van der Waals surface area contributed by atoms with Gasteiger partial charge in [0.2, 0.25) is 11.4 Å². The van der Waals surface area contributed by atoms with Crippen LogP contribution in [0.25, 0.3) is 10.9 Å². The monoisotopic (exact) mass is 695 g/mol. The van der Waals surface area contributed by atoms with Crippen molar-refractivity contribution in [1.29, 1.82) is 0 Å². The topological polar surface area (TPSA) is 187 Å². The number of benzene rings is 1. The fourth-order valence-corrected chi connectivity index (χ4v) is 9.58. The summed E-state index contributed by atoms with van der Waals surface area (Å²) in [5, 5.41) is 5.53. The maximum Gasteiger partial charge on any atom is 0.408 e. The van der Waals surface area contributed by atoms with E-state index in [0.717, 1.165) is 17.7 Å². The summed E-state index contributed by atoms with van der Waals surface area (Å²) in [4.78, 5) is 59.7. The Balaban J connectivity index is 1.41. The number of amides is 4. The molecule has 0 spiro atoms. The number of para-hydroxylation sites is 1. The number of nitrogens with two attached hydrogens (primary N) is 1. The number of fused-ring (bicyclic) bond motifs is 3. The Labute approximate surface area is 286 Å². The molecule has 2 aliphatic heterocycles. The number of pyridine rings is 1. The quantitative estimate of drug-likeness (QED) is 0.301. The number of hydrogen-bond donors (Lipinski definition) is 3. The van der Waals surface area contributed by atoms with Crippen LogP contribution >= 0.6 is 0 Å². The van der Waals surface area contributed by atoms with Gasteiger partial charge in [-0.05, 0) is 77.5 Å². The zero-order valence-electron chi connectivity index (χ0n) is 28.1. The van der Waals surface area contributed by atoms with Crippen molar-refractivity contribution in [2.45, 2.75) is 112 Å². The molecule has 1 saturated heterocycles. The number of alkyl carbamates (subject to hydrolysis) is 1. The van der Waals surface area contributed by atoms with E-state index < -0.39 is 73.0 Å². The van der Waals surface area contributed by atoms with E-state index in [9.17, 15) is 27.6 Å². The van der Waals surface area contributed by atoms with Crippen LogP contribution in [0.5, 0.6) is 5.75 Å². The molecule has 5 atom stereocenters. The smallest absolute Gasteiger partial charge is 0.408 e. The first-order valence-electron chi connectivity index (χ1n) is 17.0. The zero-order valence-corrected chi connectivity index (χ0v) is 29.0. The number of allylic oxidation sites excluding steroid dienone is 1. The van der Waals surface area contributed by atoms with Crippen molar-refractivity contribution < 1.29 is 37.1 Å². The lowest BCUT2D eigenvalue weighted by molar-refractivity contribution is -0.153. The fraction of sp³-hybridized carbons (Fsp3) is 0.571. The van der Waals surface area contributed by atoms with Crippen LogP contribution < -0.4 is 21.1 Å². The molecule has 6 rings (SSSR count). The number of ether oxygens (including phenoxy) is 2. The Kier molecular flexibility index (Phi) is 9.14. The maximum absolute atomic E-state index is 14.6. The predicted octanol–water partition coefficient (Wildman–Crippen LogP) is 3.26. The molecule has 1 aromatic heterocycles. The van der Waals surface area contributed by atoms with Crippen molar-refractivity contribution in [3.8, 4) is 5.75 Å². The number of carbonyl (C=O) groups is 4. The van der Waals surface area contributed by atoms with Gasteiger partial charge in [-0.3, -0.25) is 19.4 Å². The minimum absolute atomic E-state index is 0.155. The van der Waals surface area contributed by atoms with Crippen LogP contribution in [0, 0.1) is 5.92 Å². The molecule has 2 saturated carbocycles. The highest BCUT2D eigenvalue weighted by molar-refractivity contribution is 7.94. The van der Waals surface area contributed by atoms with Crippen molar-refractivity contribution in [3.05, 3.63) is 48.7 Å². The minimum Gasteiger partial charge on any atom is -0.488 e. The van der Waals surface area contributed by atoms with E-state index in [1.165, 1.54) is 0 Å².